The fraction of sp³-hybridized carbons (Fsp3) is 0.130. The van der Waals surface area contributed by atoms with Crippen molar-refractivity contribution in [2.45, 2.75) is 30.6 Å². The molecule has 0 radical (unpaired) electrons. The number of hydrogen-bond donors (Lipinski definition) is 0. The topological polar surface area (TPSA) is 34.1 Å². The van der Waals surface area contributed by atoms with Gasteiger partial charge in [-0.05, 0) is 67.1 Å². The van der Waals surface area contributed by atoms with Crippen molar-refractivity contribution in [2.24, 2.45) is 0 Å². The standard InChI is InChI=1S/C23H20O2S2/c1-15-14-20(26-22(24)18-10-6-4-7-11-18)16(2)17(3)21(15)27-23(25)19-12-8-5-9-13-19/h4-14H,1-3H3. The molecule has 0 saturated carbocycles. The summed E-state index contributed by atoms with van der Waals surface area (Å²) in [6.07, 6.45) is 0. The lowest BCUT2D eigenvalue weighted by atomic mass is 10.1. The fourth-order valence-corrected chi connectivity index (χ4v) is 4.70. The molecule has 0 atom stereocenters. The van der Waals surface area contributed by atoms with Gasteiger partial charge in [-0.3, -0.25) is 9.59 Å². The lowest BCUT2D eigenvalue weighted by Gasteiger charge is -2.15. The van der Waals surface area contributed by atoms with E-state index in [0.717, 1.165) is 26.5 Å². The summed E-state index contributed by atoms with van der Waals surface area (Å²) >= 11 is 2.50. The third-order valence-corrected chi connectivity index (χ3v) is 6.71. The zero-order chi connectivity index (χ0) is 19.4. The lowest BCUT2D eigenvalue weighted by molar-refractivity contribution is 0.108. The first-order chi connectivity index (χ1) is 13.0. The highest BCUT2D eigenvalue weighted by atomic mass is 32.2. The highest BCUT2D eigenvalue weighted by Crippen LogP contribution is 2.37. The Bertz CT molecular complexity index is 980. The van der Waals surface area contributed by atoms with Crippen molar-refractivity contribution < 1.29 is 9.59 Å². The predicted octanol–water partition coefficient (Wildman–Crippen LogP) is 6.48. The highest BCUT2D eigenvalue weighted by molar-refractivity contribution is 8.14. The van der Waals surface area contributed by atoms with E-state index in [4.69, 9.17) is 0 Å². The maximum atomic E-state index is 12.6. The van der Waals surface area contributed by atoms with Crippen molar-refractivity contribution in [3.63, 3.8) is 0 Å². The molecule has 0 amide bonds. The van der Waals surface area contributed by atoms with Crippen LogP contribution in [-0.2, 0) is 0 Å². The first-order valence-electron chi connectivity index (χ1n) is 8.62. The van der Waals surface area contributed by atoms with E-state index in [1.807, 2.05) is 87.5 Å². The highest BCUT2D eigenvalue weighted by Gasteiger charge is 2.17. The van der Waals surface area contributed by atoms with Gasteiger partial charge in [-0.2, -0.15) is 0 Å². The first kappa shape index (κ1) is 19.5. The fourth-order valence-electron chi connectivity index (χ4n) is 2.74. The van der Waals surface area contributed by atoms with Gasteiger partial charge in [-0.1, -0.05) is 60.7 Å². The lowest BCUT2D eigenvalue weighted by Crippen LogP contribution is -2.00. The van der Waals surface area contributed by atoms with Crippen LogP contribution in [0.1, 0.15) is 37.4 Å². The van der Waals surface area contributed by atoms with Gasteiger partial charge in [0.15, 0.2) is 0 Å². The number of benzene rings is 3. The molecule has 0 spiro atoms. The maximum Gasteiger partial charge on any atom is 0.224 e. The Morgan fingerprint density at radius 2 is 1.15 bits per heavy atom. The van der Waals surface area contributed by atoms with Gasteiger partial charge < -0.3 is 0 Å². The van der Waals surface area contributed by atoms with Gasteiger partial charge in [0.2, 0.25) is 10.2 Å². The van der Waals surface area contributed by atoms with E-state index in [1.165, 1.54) is 23.5 Å². The third-order valence-electron chi connectivity index (χ3n) is 4.39. The van der Waals surface area contributed by atoms with Crippen LogP contribution in [0.3, 0.4) is 0 Å². The van der Waals surface area contributed by atoms with Crippen LogP contribution >= 0.6 is 23.5 Å². The Labute approximate surface area is 168 Å². The molecule has 0 aliphatic rings. The van der Waals surface area contributed by atoms with Crippen LogP contribution in [-0.4, -0.2) is 10.2 Å². The largest absolute Gasteiger partial charge is 0.281 e. The monoisotopic (exact) mass is 392 g/mol. The zero-order valence-electron chi connectivity index (χ0n) is 15.5. The molecule has 4 heteroatoms. The number of rotatable bonds is 4. The van der Waals surface area contributed by atoms with Gasteiger partial charge in [-0.15, -0.1) is 0 Å². The van der Waals surface area contributed by atoms with Crippen molar-refractivity contribution in [3.05, 3.63) is 94.5 Å². The van der Waals surface area contributed by atoms with Crippen molar-refractivity contribution in [2.75, 3.05) is 0 Å². The average Bonchev–Trinajstić information content (AvgIpc) is 2.70. The zero-order valence-corrected chi connectivity index (χ0v) is 17.1. The Hall–Kier alpha value is -2.30. The van der Waals surface area contributed by atoms with Gasteiger partial charge in [0.05, 0.1) is 0 Å². The van der Waals surface area contributed by atoms with E-state index >= 15 is 0 Å². The van der Waals surface area contributed by atoms with E-state index in [0.29, 0.717) is 11.1 Å². The van der Waals surface area contributed by atoms with E-state index in [9.17, 15) is 9.59 Å². The second-order valence-electron chi connectivity index (χ2n) is 6.28. The summed E-state index contributed by atoms with van der Waals surface area (Å²) in [6.45, 7) is 6.01. The van der Waals surface area contributed by atoms with Crippen LogP contribution in [0.25, 0.3) is 0 Å². The van der Waals surface area contributed by atoms with Gasteiger partial charge in [-0.25, -0.2) is 0 Å². The SMILES string of the molecule is Cc1cc(SC(=O)c2ccccc2)c(C)c(C)c1SC(=O)c1ccccc1. The molecular formula is C23H20O2S2. The molecule has 3 rings (SSSR count). The Morgan fingerprint density at radius 3 is 1.67 bits per heavy atom. The van der Waals surface area contributed by atoms with Crippen molar-refractivity contribution >= 4 is 33.8 Å². The molecular weight excluding hydrogens is 372 g/mol. The smallest absolute Gasteiger partial charge is 0.224 e. The molecule has 27 heavy (non-hydrogen) atoms. The molecule has 3 aromatic carbocycles. The molecule has 0 N–H and O–H groups in total. The Balaban J connectivity index is 1.86. The molecule has 0 bridgehead atoms. The average molecular weight is 393 g/mol. The molecule has 0 aliphatic carbocycles. The molecule has 0 aliphatic heterocycles. The molecule has 0 fully saturated rings. The van der Waals surface area contributed by atoms with Crippen molar-refractivity contribution in [1.29, 1.82) is 0 Å². The number of aryl methyl sites for hydroxylation is 1. The predicted molar refractivity (Wildman–Crippen MR) is 114 cm³/mol. The molecule has 0 heterocycles. The van der Waals surface area contributed by atoms with Crippen LogP contribution in [0.4, 0.5) is 0 Å². The van der Waals surface area contributed by atoms with E-state index in [1.54, 1.807) is 0 Å². The quantitative estimate of drug-likeness (QED) is 0.476. The number of thioether (sulfide) groups is 2. The summed E-state index contributed by atoms with van der Waals surface area (Å²) in [5.41, 5.74) is 4.48. The minimum atomic E-state index is 0.0262. The maximum absolute atomic E-state index is 12.6. The van der Waals surface area contributed by atoms with Crippen LogP contribution in [0.5, 0.6) is 0 Å². The van der Waals surface area contributed by atoms with E-state index in [2.05, 4.69) is 0 Å². The van der Waals surface area contributed by atoms with E-state index in [-0.39, 0.29) is 10.2 Å². The minimum absolute atomic E-state index is 0.0262. The van der Waals surface area contributed by atoms with Gasteiger partial charge >= 0.3 is 0 Å². The number of carbonyl (C=O) groups is 2. The van der Waals surface area contributed by atoms with Crippen molar-refractivity contribution in [3.8, 4) is 0 Å². The first-order valence-corrected chi connectivity index (χ1v) is 10.3. The normalized spacial score (nSPS) is 10.6. The van der Waals surface area contributed by atoms with Crippen LogP contribution in [0, 0.1) is 20.8 Å². The van der Waals surface area contributed by atoms with Gasteiger partial charge in [0.1, 0.15) is 0 Å². The Kier molecular flexibility index (Phi) is 6.19. The van der Waals surface area contributed by atoms with Crippen molar-refractivity contribution in [1.82, 2.24) is 0 Å². The summed E-state index contributed by atoms with van der Waals surface area (Å²) in [4.78, 5) is 27.0. The molecule has 3 aromatic rings. The minimum Gasteiger partial charge on any atom is -0.281 e. The molecule has 0 unspecified atom stereocenters. The third kappa shape index (κ3) is 4.52. The van der Waals surface area contributed by atoms with Gasteiger partial charge in [0.25, 0.3) is 0 Å². The summed E-state index contributed by atoms with van der Waals surface area (Å²) in [5.74, 6) is 0. The Morgan fingerprint density at radius 1 is 0.667 bits per heavy atom. The molecule has 0 saturated heterocycles. The molecule has 0 aromatic heterocycles. The summed E-state index contributed by atoms with van der Waals surface area (Å²) in [5, 5.41) is 0.0558. The van der Waals surface area contributed by atoms with Crippen LogP contribution in [0.2, 0.25) is 0 Å². The summed E-state index contributed by atoms with van der Waals surface area (Å²) < 4.78 is 0. The van der Waals surface area contributed by atoms with E-state index < -0.39 is 0 Å². The molecule has 2 nitrogen and oxygen atoms in total. The second-order valence-corrected chi connectivity index (χ2v) is 8.28. The van der Waals surface area contributed by atoms with Crippen LogP contribution < -0.4 is 0 Å². The summed E-state index contributed by atoms with van der Waals surface area (Å²) in [7, 11) is 0. The summed E-state index contributed by atoms with van der Waals surface area (Å²) in [6, 6.07) is 20.6. The van der Waals surface area contributed by atoms with Gasteiger partial charge in [0, 0.05) is 20.9 Å². The number of hydrogen-bond acceptors (Lipinski definition) is 4. The second kappa shape index (κ2) is 8.59. The molecule has 136 valence electrons. The number of carbonyl (C=O) groups excluding carboxylic acids is 2. The van der Waals surface area contributed by atoms with Crippen LogP contribution in [0.15, 0.2) is 76.5 Å².